The normalized spacial score (nSPS) is 11.6. The van der Waals surface area contributed by atoms with Crippen molar-refractivity contribution in [3.05, 3.63) is 71.7 Å². The van der Waals surface area contributed by atoms with Gasteiger partial charge in [0.1, 0.15) is 17.6 Å². The molecular formula is C19H14FN3O4S. The number of amides is 1. The minimum atomic E-state index is -1.67. The molecule has 142 valence electrons. The number of carbonyl (C=O) groups excluding carboxylic acids is 2. The molecule has 3 aromatic rings. The van der Waals surface area contributed by atoms with Crippen molar-refractivity contribution in [1.29, 1.82) is 0 Å². The number of carboxylic acid groups (broad SMARTS) is 1. The molecule has 0 spiro atoms. The van der Waals surface area contributed by atoms with E-state index in [-0.39, 0.29) is 12.1 Å². The van der Waals surface area contributed by atoms with Crippen LogP contribution in [-0.2, 0) is 16.0 Å². The first-order chi connectivity index (χ1) is 13.5. The summed E-state index contributed by atoms with van der Waals surface area (Å²) in [6.07, 6.45) is -0.102. The number of carbonyl (C=O) groups is 3. The van der Waals surface area contributed by atoms with Gasteiger partial charge in [-0.2, -0.15) is 8.75 Å². The van der Waals surface area contributed by atoms with E-state index in [1.165, 1.54) is 24.3 Å². The zero-order valence-corrected chi connectivity index (χ0v) is 15.1. The van der Waals surface area contributed by atoms with Crippen LogP contribution in [0, 0.1) is 5.82 Å². The Hall–Kier alpha value is -3.46. The number of carboxylic acids is 1. The summed E-state index contributed by atoms with van der Waals surface area (Å²) in [4.78, 5) is 35.9. The standard InChI is InChI=1S/C19H14FN3O4S/c20-13-8-6-11(7-9-13)10-14(17(24)19(26)27)21-18(25)16-15(22-28-23-16)12-4-2-1-3-5-12/h1-9,14H,10H2,(H,21,25)(H,26,27). The molecule has 0 aliphatic heterocycles. The maximum atomic E-state index is 13.1. The third-order valence-electron chi connectivity index (χ3n) is 3.94. The van der Waals surface area contributed by atoms with Crippen molar-refractivity contribution in [3.63, 3.8) is 0 Å². The second-order valence-corrected chi connectivity index (χ2v) is 6.38. The molecular weight excluding hydrogens is 385 g/mol. The number of Topliss-reactive ketones (excluding diaryl/α,β-unsaturated/α-hetero) is 1. The monoisotopic (exact) mass is 399 g/mol. The molecule has 1 aromatic heterocycles. The van der Waals surface area contributed by atoms with Gasteiger partial charge < -0.3 is 10.4 Å². The molecule has 2 aromatic carbocycles. The van der Waals surface area contributed by atoms with Crippen molar-refractivity contribution >= 4 is 29.4 Å². The van der Waals surface area contributed by atoms with Crippen molar-refractivity contribution in [2.45, 2.75) is 12.5 Å². The number of nitrogens with zero attached hydrogens (tertiary/aromatic N) is 2. The largest absolute Gasteiger partial charge is 0.475 e. The lowest BCUT2D eigenvalue weighted by Crippen LogP contribution is -2.45. The molecule has 9 heteroatoms. The summed E-state index contributed by atoms with van der Waals surface area (Å²) in [5, 5.41) is 11.5. The third kappa shape index (κ3) is 4.44. The van der Waals surface area contributed by atoms with E-state index in [0.717, 1.165) is 11.7 Å². The third-order valence-corrected chi connectivity index (χ3v) is 4.46. The highest BCUT2D eigenvalue weighted by atomic mass is 32.1. The minimum absolute atomic E-state index is 0.00139. The molecule has 0 aliphatic carbocycles. The van der Waals surface area contributed by atoms with Gasteiger partial charge in [-0.25, -0.2) is 9.18 Å². The second-order valence-electron chi connectivity index (χ2n) is 5.85. The zero-order valence-electron chi connectivity index (χ0n) is 14.3. The Balaban J connectivity index is 1.84. The molecule has 3 rings (SSSR count). The van der Waals surface area contributed by atoms with E-state index in [1.54, 1.807) is 24.3 Å². The lowest BCUT2D eigenvalue weighted by atomic mass is 10.0. The molecule has 1 amide bonds. The van der Waals surface area contributed by atoms with E-state index < -0.39 is 29.5 Å². The number of halogens is 1. The number of aliphatic carboxylic acids is 1. The maximum absolute atomic E-state index is 13.1. The fraction of sp³-hybridized carbons (Fsp3) is 0.105. The van der Waals surface area contributed by atoms with Crippen LogP contribution in [0.15, 0.2) is 54.6 Å². The number of benzene rings is 2. The average molecular weight is 399 g/mol. The second kappa shape index (κ2) is 8.49. The van der Waals surface area contributed by atoms with Crippen molar-refractivity contribution < 1.29 is 23.9 Å². The Labute approximate surface area is 163 Å². The fourth-order valence-electron chi connectivity index (χ4n) is 2.56. The molecule has 2 N–H and O–H groups in total. The summed E-state index contributed by atoms with van der Waals surface area (Å²) in [6.45, 7) is 0. The van der Waals surface area contributed by atoms with Gasteiger partial charge in [-0.05, 0) is 17.7 Å². The molecule has 0 fully saturated rings. The predicted octanol–water partition coefficient (Wildman–Crippen LogP) is 2.34. The molecule has 7 nitrogen and oxygen atoms in total. The first-order valence-electron chi connectivity index (χ1n) is 8.16. The molecule has 28 heavy (non-hydrogen) atoms. The van der Waals surface area contributed by atoms with E-state index >= 15 is 0 Å². The number of hydrogen-bond donors (Lipinski definition) is 2. The molecule has 0 radical (unpaired) electrons. The Morgan fingerprint density at radius 1 is 1.04 bits per heavy atom. The lowest BCUT2D eigenvalue weighted by molar-refractivity contribution is -0.149. The number of rotatable bonds is 7. The highest BCUT2D eigenvalue weighted by Gasteiger charge is 2.29. The SMILES string of the molecule is O=C(O)C(=O)C(Cc1ccc(F)cc1)NC(=O)c1nsnc1-c1ccccc1. The van der Waals surface area contributed by atoms with Crippen LogP contribution in [-0.4, -0.2) is 37.6 Å². The van der Waals surface area contributed by atoms with Gasteiger partial charge in [-0.15, -0.1) is 0 Å². The van der Waals surface area contributed by atoms with Crippen LogP contribution in [0.1, 0.15) is 16.1 Å². The van der Waals surface area contributed by atoms with E-state index in [0.29, 0.717) is 16.8 Å². The lowest BCUT2D eigenvalue weighted by Gasteiger charge is -2.15. The van der Waals surface area contributed by atoms with E-state index in [9.17, 15) is 18.8 Å². The van der Waals surface area contributed by atoms with Crippen LogP contribution in [0.25, 0.3) is 11.3 Å². The van der Waals surface area contributed by atoms with Crippen molar-refractivity contribution in [2.24, 2.45) is 0 Å². The maximum Gasteiger partial charge on any atom is 0.374 e. The minimum Gasteiger partial charge on any atom is -0.475 e. The number of ketones is 1. The Morgan fingerprint density at radius 2 is 1.71 bits per heavy atom. The Kier molecular flexibility index (Phi) is 5.85. The topological polar surface area (TPSA) is 109 Å². The van der Waals surface area contributed by atoms with Crippen LogP contribution in [0.4, 0.5) is 4.39 Å². The summed E-state index contributed by atoms with van der Waals surface area (Å²) in [6, 6.07) is 12.8. The zero-order chi connectivity index (χ0) is 20.1. The van der Waals surface area contributed by atoms with Gasteiger partial charge in [-0.1, -0.05) is 42.5 Å². The van der Waals surface area contributed by atoms with Gasteiger partial charge in [0.2, 0.25) is 0 Å². The first-order valence-corrected chi connectivity index (χ1v) is 8.89. The molecule has 0 aliphatic rings. The van der Waals surface area contributed by atoms with E-state index in [4.69, 9.17) is 5.11 Å². The quantitative estimate of drug-likeness (QED) is 0.590. The number of hydrogen-bond acceptors (Lipinski definition) is 6. The van der Waals surface area contributed by atoms with Crippen LogP contribution in [0.2, 0.25) is 0 Å². The van der Waals surface area contributed by atoms with Gasteiger partial charge in [0.25, 0.3) is 11.7 Å². The van der Waals surface area contributed by atoms with Gasteiger partial charge >= 0.3 is 5.97 Å². The average Bonchev–Trinajstić information content (AvgIpc) is 3.19. The van der Waals surface area contributed by atoms with Crippen molar-refractivity contribution in [3.8, 4) is 11.3 Å². The van der Waals surface area contributed by atoms with Gasteiger partial charge in [0, 0.05) is 12.0 Å². The van der Waals surface area contributed by atoms with Crippen molar-refractivity contribution in [2.75, 3.05) is 0 Å². The van der Waals surface area contributed by atoms with Crippen molar-refractivity contribution in [1.82, 2.24) is 14.1 Å². The smallest absolute Gasteiger partial charge is 0.374 e. The molecule has 0 saturated carbocycles. The number of nitrogens with one attached hydrogen (secondary N) is 1. The molecule has 0 saturated heterocycles. The molecule has 1 atom stereocenters. The molecule has 0 bridgehead atoms. The summed E-state index contributed by atoms with van der Waals surface area (Å²) < 4.78 is 21.2. The van der Waals surface area contributed by atoms with Crippen LogP contribution < -0.4 is 5.32 Å². The predicted molar refractivity (Wildman–Crippen MR) is 99.3 cm³/mol. The van der Waals surface area contributed by atoms with E-state index in [2.05, 4.69) is 14.1 Å². The molecule has 1 heterocycles. The van der Waals surface area contributed by atoms with Gasteiger partial charge in [0.05, 0.1) is 11.7 Å². The first kappa shape index (κ1) is 19.3. The summed E-state index contributed by atoms with van der Waals surface area (Å²) in [7, 11) is 0. The van der Waals surface area contributed by atoms with Gasteiger partial charge in [-0.3, -0.25) is 9.59 Å². The summed E-state index contributed by atoms with van der Waals surface area (Å²) >= 11 is 0.833. The van der Waals surface area contributed by atoms with Crippen LogP contribution in [0.3, 0.4) is 0 Å². The van der Waals surface area contributed by atoms with E-state index in [1.807, 2.05) is 6.07 Å². The summed E-state index contributed by atoms with van der Waals surface area (Å²) in [5.74, 6) is -4.03. The number of aromatic nitrogens is 2. The van der Waals surface area contributed by atoms with Crippen LogP contribution in [0.5, 0.6) is 0 Å². The Bertz CT molecular complexity index is 1010. The summed E-state index contributed by atoms with van der Waals surface area (Å²) in [5.41, 5.74) is 1.51. The fourth-order valence-corrected chi connectivity index (χ4v) is 3.13. The van der Waals surface area contributed by atoms with Gasteiger partial charge in [0.15, 0.2) is 5.69 Å². The molecule has 1 unspecified atom stereocenters. The highest BCUT2D eigenvalue weighted by molar-refractivity contribution is 6.99. The van der Waals surface area contributed by atoms with Crippen LogP contribution >= 0.6 is 11.7 Å². The Morgan fingerprint density at radius 3 is 2.36 bits per heavy atom. The highest BCUT2D eigenvalue weighted by Crippen LogP contribution is 2.21.